The number of furan rings is 1. The Morgan fingerprint density at radius 3 is 2.89 bits per heavy atom. The van der Waals surface area contributed by atoms with Crippen molar-refractivity contribution in [3.05, 3.63) is 60.8 Å². The molecule has 1 aromatic carbocycles. The Morgan fingerprint density at radius 1 is 1.15 bits per heavy atom. The van der Waals surface area contributed by atoms with Gasteiger partial charge in [0.05, 0.1) is 36.4 Å². The van der Waals surface area contributed by atoms with Crippen molar-refractivity contribution >= 4 is 28.5 Å². The van der Waals surface area contributed by atoms with Gasteiger partial charge in [-0.15, -0.1) is 5.10 Å². The van der Waals surface area contributed by atoms with Crippen molar-refractivity contribution in [1.29, 1.82) is 0 Å². The molecule has 0 saturated carbocycles. The van der Waals surface area contributed by atoms with Crippen LogP contribution in [-0.4, -0.2) is 43.1 Å². The second kappa shape index (κ2) is 7.12. The molecular weight excluding hydrogens is 350 g/mol. The summed E-state index contributed by atoms with van der Waals surface area (Å²) in [5.41, 5.74) is 2.20. The summed E-state index contributed by atoms with van der Waals surface area (Å²) in [4.78, 5) is 23.7. The smallest absolute Gasteiger partial charge is 0.287 e. The van der Waals surface area contributed by atoms with E-state index < -0.39 is 5.91 Å². The van der Waals surface area contributed by atoms with Crippen LogP contribution in [0.4, 0.5) is 5.69 Å². The van der Waals surface area contributed by atoms with E-state index >= 15 is 0 Å². The molecule has 3 heterocycles. The molecule has 0 saturated heterocycles. The third-order valence-electron chi connectivity index (χ3n) is 3.77. The number of anilines is 1. The van der Waals surface area contributed by atoms with Crippen molar-refractivity contribution in [2.24, 2.45) is 0 Å². The largest absolute Gasteiger partial charge is 0.459 e. The molecule has 0 spiro atoms. The number of nitrogens with zero attached hydrogens (tertiary/aromatic N) is 5. The molecule has 0 bridgehead atoms. The fourth-order valence-electron chi connectivity index (χ4n) is 2.53. The number of para-hydroxylation sites is 1. The molecule has 136 valence electrons. The zero-order valence-corrected chi connectivity index (χ0v) is 14.1. The Bertz CT molecular complexity index is 1080. The van der Waals surface area contributed by atoms with Crippen LogP contribution < -0.4 is 10.6 Å². The van der Waals surface area contributed by atoms with Crippen LogP contribution in [0.3, 0.4) is 0 Å². The highest BCUT2D eigenvalue weighted by atomic mass is 16.3. The van der Waals surface area contributed by atoms with E-state index in [0.29, 0.717) is 12.4 Å². The zero-order valence-electron chi connectivity index (χ0n) is 14.1. The predicted octanol–water partition coefficient (Wildman–Crippen LogP) is 1.10. The van der Waals surface area contributed by atoms with Gasteiger partial charge in [0.15, 0.2) is 5.76 Å². The van der Waals surface area contributed by atoms with E-state index in [-0.39, 0.29) is 18.2 Å². The minimum absolute atomic E-state index is 0.149. The quantitative estimate of drug-likeness (QED) is 0.528. The number of hydrogen-bond acceptors (Lipinski definition) is 6. The van der Waals surface area contributed by atoms with E-state index in [4.69, 9.17) is 4.42 Å². The molecule has 0 aliphatic rings. The first-order valence-corrected chi connectivity index (χ1v) is 8.11. The van der Waals surface area contributed by atoms with Crippen molar-refractivity contribution in [3.63, 3.8) is 0 Å². The number of fused-ring (bicyclic) bond motifs is 1. The molecule has 0 fully saturated rings. The van der Waals surface area contributed by atoms with Gasteiger partial charge in [-0.2, -0.15) is 5.10 Å². The molecule has 4 aromatic rings. The molecule has 27 heavy (non-hydrogen) atoms. The molecule has 2 N–H and O–H groups in total. The fraction of sp³-hybridized carbons (Fsp3) is 0.118. The van der Waals surface area contributed by atoms with Crippen molar-refractivity contribution in [2.75, 3.05) is 11.9 Å². The summed E-state index contributed by atoms with van der Waals surface area (Å²) in [6.45, 7) is 0.171. The van der Waals surface area contributed by atoms with Crippen LogP contribution in [0.25, 0.3) is 11.0 Å². The van der Waals surface area contributed by atoms with Crippen LogP contribution in [0.5, 0.6) is 0 Å². The van der Waals surface area contributed by atoms with E-state index in [1.54, 1.807) is 21.6 Å². The molecule has 10 heteroatoms. The van der Waals surface area contributed by atoms with Crippen LogP contribution >= 0.6 is 0 Å². The van der Waals surface area contributed by atoms with Gasteiger partial charge in [0, 0.05) is 0 Å². The zero-order chi connectivity index (χ0) is 18.6. The van der Waals surface area contributed by atoms with Gasteiger partial charge >= 0.3 is 0 Å². The molecule has 0 atom stereocenters. The third kappa shape index (κ3) is 3.68. The highest BCUT2D eigenvalue weighted by Gasteiger charge is 2.11. The number of amides is 2. The number of carbonyl (C=O) groups excluding carboxylic acids is 2. The Balaban J connectivity index is 1.34. The van der Waals surface area contributed by atoms with Crippen LogP contribution in [0.15, 0.2) is 59.5 Å². The van der Waals surface area contributed by atoms with Gasteiger partial charge in [0.2, 0.25) is 5.91 Å². The number of rotatable bonds is 6. The molecule has 10 nitrogen and oxygen atoms in total. The van der Waals surface area contributed by atoms with Crippen LogP contribution in [0, 0.1) is 0 Å². The van der Waals surface area contributed by atoms with Gasteiger partial charge < -0.3 is 15.1 Å². The molecule has 3 aromatic heterocycles. The van der Waals surface area contributed by atoms with Gasteiger partial charge in [0.25, 0.3) is 5.91 Å². The molecule has 0 unspecified atom stereocenters. The summed E-state index contributed by atoms with van der Waals surface area (Å²) in [6.07, 6.45) is 4.58. The number of nitrogens with one attached hydrogen (secondary N) is 2. The van der Waals surface area contributed by atoms with Crippen molar-refractivity contribution in [2.45, 2.75) is 6.67 Å². The summed E-state index contributed by atoms with van der Waals surface area (Å²) in [7, 11) is 0. The van der Waals surface area contributed by atoms with E-state index in [0.717, 1.165) is 11.0 Å². The summed E-state index contributed by atoms with van der Waals surface area (Å²) in [5.74, 6) is -0.680. The van der Waals surface area contributed by atoms with Crippen molar-refractivity contribution in [1.82, 2.24) is 30.1 Å². The fourth-order valence-corrected chi connectivity index (χ4v) is 2.53. The molecule has 0 radical (unpaired) electrons. The maximum absolute atomic E-state index is 12.0. The Morgan fingerprint density at radius 2 is 2.04 bits per heavy atom. The van der Waals surface area contributed by atoms with Crippen molar-refractivity contribution in [3.8, 4) is 0 Å². The van der Waals surface area contributed by atoms with Gasteiger partial charge in [-0.1, -0.05) is 17.3 Å². The Kier molecular flexibility index (Phi) is 4.35. The number of hydrogen-bond donors (Lipinski definition) is 2. The predicted molar refractivity (Wildman–Crippen MR) is 94.8 cm³/mol. The minimum atomic E-state index is -0.455. The molecule has 2 amide bonds. The van der Waals surface area contributed by atoms with E-state index in [2.05, 4.69) is 26.0 Å². The maximum atomic E-state index is 12.0. The molecule has 0 aliphatic heterocycles. The average Bonchev–Trinajstić information content (AvgIpc) is 3.42. The van der Waals surface area contributed by atoms with Crippen LogP contribution in [-0.2, 0) is 11.5 Å². The van der Waals surface area contributed by atoms with Gasteiger partial charge in [-0.25, -0.2) is 9.36 Å². The summed E-state index contributed by atoms with van der Waals surface area (Å²) < 4.78 is 8.29. The second-order valence-electron chi connectivity index (χ2n) is 5.70. The Hall–Kier alpha value is -3.95. The highest BCUT2D eigenvalue weighted by molar-refractivity contribution is 5.97. The number of aromatic nitrogens is 5. The topological polar surface area (TPSA) is 120 Å². The first-order valence-electron chi connectivity index (χ1n) is 8.11. The monoisotopic (exact) mass is 365 g/mol. The standard InChI is InChI=1S/C17H15N7O3/c25-16(9-18-17(26)15-6-3-7-27-15)20-12-8-19-23(10-12)11-24-14-5-2-1-4-13(14)21-22-24/h1-8,10H,9,11H2,(H,18,26)(H,20,25). The summed E-state index contributed by atoms with van der Waals surface area (Å²) in [6, 6.07) is 10.7. The minimum Gasteiger partial charge on any atom is -0.459 e. The highest BCUT2D eigenvalue weighted by Crippen LogP contribution is 2.11. The lowest BCUT2D eigenvalue weighted by atomic mass is 10.3. The maximum Gasteiger partial charge on any atom is 0.287 e. The molecular formula is C17H15N7O3. The van der Waals surface area contributed by atoms with Crippen molar-refractivity contribution < 1.29 is 14.0 Å². The lowest BCUT2D eigenvalue weighted by Crippen LogP contribution is -2.32. The van der Waals surface area contributed by atoms with E-state index in [1.165, 1.54) is 18.5 Å². The first-order chi connectivity index (χ1) is 13.2. The molecule has 0 aliphatic carbocycles. The summed E-state index contributed by atoms with van der Waals surface area (Å²) >= 11 is 0. The van der Waals surface area contributed by atoms with E-state index in [1.807, 2.05) is 24.3 Å². The van der Waals surface area contributed by atoms with Crippen LogP contribution in [0.1, 0.15) is 10.6 Å². The first kappa shape index (κ1) is 16.5. The average molecular weight is 365 g/mol. The number of carbonyl (C=O) groups is 2. The van der Waals surface area contributed by atoms with Gasteiger partial charge in [-0.3, -0.25) is 9.59 Å². The molecule has 4 rings (SSSR count). The van der Waals surface area contributed by atoms with Gasteiger partial charge in [0.1, 0.15) is 12.2 Å². The normalized spacial score (nSPS) is 10.8. The SMILES string of the molecule is O=C(CNC(=O)c1ccco1)Nc1cnn(Cn2nnc3ccccc32)c1. The lowest BCUT2D eigenvalue weighted by Gasteiger charge is -2.04. The Labute approximate surface area is 152 Å². The third-order valence-corrected chi connectivity index (χ3v) is 3.77. The van der Waals surface area contributed by atoms with E-state index in [9.17, 15) is 9.59 Å². The van der Waals surface area contributed by atoms with Gasteiger partial charge in [-0.05, 0) is 24.3 Å². The lowest BCUT2D eigenvalue weighted by molar-refractivity contribution is -0.115. The van der Waals surface area contributed by atoms with Crippen LogP contribution in [0.2, 0.25) is 0 Å². The summed E-state index contributed by atoms with van der Waals surface area (Å²) in [5, 5.41) is 17.5. The number of benzene rings is 1. The second-order valence-corrected chi connectivity index (χ2v) is 5.70.